The zero-order valence-corrected chi connectivity index (χ0v) is 11.2. The van der Waals surface area contributed by atoms with Gasteiger partial charge < -0.3 is 9.73 Å². The van der Waals surface area contributed by atoms with Crippen molar-refractivity contribution in [1.29, 1.82) is 0 Å². The van der Waals surface area contributed by atoms with Crippen LogP contribution in [0.5, 0.6) is 0 Å². The first-order chi connectivity index (χ1) is 9.47. The number of aromatic nitrogens is 1. The van der Waals surface area contributed by atoms with Crippen LogP contribution < -0.4 is 5.32 Å². The molecule has 1 amide bonds. The van der Waals surface area contributed by atoms with E-state index in [1.165, 1.54) is 12.1 Å². The highest BCUT2D eigenvalue weighted by molar-refractivity contribution is 6.34. The van der Waals surface area contributed by atoms with Gasteiger partial charge in [-0.15, -0.1) is 0 Å². The molecule has 0 bridgehead atoms. The third-order valence-electron chi connectivity index (χ3n) is 2.48. The number of nitrogens with one attached hydrogen (secondary N) is 1. The van der Waals surface area contributed by atoms with E-state index in [1.54, 1.807) is 13.1 Å². The molecule has 8 heteroatoms. The Balaban J connectivity index is 2.07. The fourth-order valence-corrected chi connectivity index (χ4v) is 1.80. The van der Waals surface area contributed by atoms with Crippen LogP contribution in [-0.2, 0) is 6.54 Å². The highest BCUT2D eigenvalue weighted by Crippen LogP contribution is 2.22. The van der Waals surface area contributed by atoms with Crippen LogP contribution in [0.1, 0.15) is 22.0 Å². The van der Waals surface area contributed by atoms with E-state index in [4.69, 9.17) is 16.0 Å². The first-order valence-electron chi connectivity index (χ1n) is 5.61. The number of hydrogen-bond acceptors (Lipinski definition) is 5. The second-order valence-electron chi connectivity index (χ2n) is 3.97. The van der Waals surface area contributed by atoms with Crippen molar-refractivity contribution in [2.75, 3.05) is 0 Å². The summed E-state index contributed by atoms with van der Waals surface area (Å²) in [6.45, 7) is 1.85. The van der Waals surface area contributed by atoms with E-state index in [-0.39, 0.29) is 22.8 Å². The Morgan fingerprint density at radius 2 is 2.30 bits per heavy atom. The summed E-state index contributed by atoms with van der Waals surface area (Å²) < 4.78 is 5.20. The summed E-state index contributed by atoms with van der Waals surface area (Å²) in [5.41, 5.74) is -0.0181. The second kappa shape index (κ2) is 5.70. The van der Waals surface area contributed by atoms with E-state index in [0.717, 1.165) is 6.07 Å². The Morgan fingerprint density at radius 1 is 1.55 bits per heavy atom. The summed E-state index contributed by atoms with van der Waals surface area (Å²) in [5, 5.41) is 13.2. The van der Waals surface area contributed by atoms with Gasteiger partial charge in [-0.3, -0.25) is 14.9 Å². The molecule has 0 aliphatic rings. The molecule has 20 heavy (non-hydrogen) atoms. The lowest BCUT2D eigenvalue weighted by molar-refractivity contribution is -0.384. The van der Waals surface area contributed by atoms with Crippen molar-refractivity contribution >= 4 is 23.2 Å². The number of amides is 1. The van der Waals surface area contributed by atoms with Crippen LogP contribution in [0, 0.1) is 17.0 Å². The summed E-state index contributed by atoms with van der Waals surface area (Å²) in [5.74, 6) is 0.553. The van der Waals surface area contributed by atoms with Gasteiger partial charge in [0, 0.05) is 12.1 Å². The van der Waals surface area contributed by atoms with Crippen molar-refractivity contribution in [3.8, 4) is 0 Å². The van der Waals surface area contributed by atoms with Crippen LogP contribution in [0.3, 0.4) is 0 Å². The number of halogens is 1. The molecule has 0 spiro atoms. The molecule has 0 unspecified atom stereocenters. The van der Waals surface area contributed by atoms with Gasteiger partial charge in [0.15, 0.2) is 0 Å². The quantitative estimate of drug-likeness (QED) is 0.690. The molecule has 2 aromatic rings. The SMILES string of the molecule is Cc1cnc(CNC(=O)c2ccc([N+](=O)[O-])cc2Cl)o1. The van der Waals surface area contributed by atoms with Gasteiger partial charge in [0.05, 0.1) is 28.3 Å². The van der Waals surface area contributed by atoms with Gasteiger partial charge in [-0.25, -0.2) is 4.98 Å². The zero-order chi connectivity index (χ0) is 14.7. The number of carbonyl (C=O) groups is 1. The van der Waals surface area contributed by atoms with Crippen LogP contribution >= 0.6 is 11.6 Å². The van der Waals surface area contributed by atoms with Gasteiger partial charge in [0.2, 0.25) is 5.89 Å². The number of nitro benzene ring substituents is 1. The topological polar surface area (TPSA) is 98.3 Å². The Hall–Kier alpha value is -2.41. The molecule has 0 atom stereocenters. The minimum atomic E-state index is -0.580. The summed E-state index contributed by atoms with van der Waals surface area (Å²) in [6.07, 6.45) is 1.54. The lowest BCUT2D eigenvalue weighted by Gasteiger charge is -2.04. The molecule has 1 aromatic carbocycles. The maximum absolute atomic E-state index is 11.9. The standard InChI is InChI=1S/C12H10ClN3O4/c1-7-5-14-11(20-7)6-15-12(17)9-3-2-8(16(18)19)4-10(9)13/h2-5H,6H2,1H3,(H,15,17). The Morgan fingerprint density at radius 3 is 2.85 bits per heavy atom. The number of non-ortho nitro benzene ring substituents is 1. The highest BCUT2D eigenvalue weighted by atomic mass is 35.5. The summed E-state index contributed by atoms with van der Waals surface area (Å²) in [7, 11) is 0. The smallest absolute Gasteiger partial charge is 0.270 e. The number of nitro groups is 1. The minimum Gasteiger partial charge on any atom is -0.444 e. The maximum Gasteiger partial charge on any atom is 0.270 e. The normalized spacial score (nSPS) is 10.3. The minimum absolute atomic E-state index is 0.0142. The maximum atomic E-state index is 11.9. The average molecular weight is 296 g/mol. The lowest BCUT2D eigenvalue weighted by Crippen LogP contribution is -2.23. The zero-order valence-electron chi connectivity index (χ0n) is 10.4. The third-order valence-corrected chi connectivity index (χ3v) is 2.79. The van der Waals surface area contributed by atoms with E-state index >= 15 is 0 Å². The van der Waals surface area contributed by atoms with Crippen molar-refractivity contribution in [2.45, 2.75) is 13.5 Å². The molecule has 0 saturated heterocycles. The molecule has 7 nitrogen and oxygen atoms in total. The van der Waals surface area contributed by atoms with Gasteiger partial charge >= 0.3 is 0 Å². The molecule has 0 saturated carbocycles. The number of oxazole rings is 1. The number of rotatable bonds is 4. The molecule has 1 aromatic heterocycles. The van der Waals surface area contributed by atoms with Crippen LogP contribution in [0.15, 0.2) is 28.8 Å². The van der Waals surface area contributed by atoms with Gasteiger partial charge in [0.25, 0.3) is 11.6 Å². The lowest BCUT2D eigenvalue weighted by atomic mass is 10.2. The van der Waals surface area contributed by atoms with Crippen molar-refractivity contribution in [2.24, 2.45) is 0 Å². The number of aryl methyl sites for hydroxylation is 1. The van der Waals surface area contributed by atoms with Crippen molar-refractivity contribution in [3.05, 3.63) is 56.7 Å². The van der Waals surface area contributed by atoms with E-state index in [1.807, 2.05) is 0 Å². The molecule has 0 fully saturated rings. The third kappa shape index (κ3) is 3.12. The fourth-order valence-electron chi connectivity index (χ4n) is 1.54. The molecule has 1 N–H and O–H groups in total. The second-order valence-corrected chi connectivity index (χ2v) is 4.38. The Kier molecular flexibility index (Phi) is 3.99. The molecule has 0 radical (unpaired) electrons. The predicted octanol–water partition coefficient (Wildman–Crippen LogP) is 2.47. The van der Waals surface area contributed by atoms with Crippen LogP contribution in [0.2, 0.25) is 5.02 Å². The van der Waals surface area contributed by atoms with Crippen LogP contribution in [0.25, 0.3) is 0 Å². The van der Waals surface area contributed by atoms with Crippen molar-refractivity contribution in [3.63, 3.8) is 0 Å². The van der Waals surface area contributed by atoms with E-state index in [0.29, 0.717) is 11.7 Å². The van der Waals surface area contributed by atoms with Crippen LogP contribution in [-0.4, -0.2) is 15.8 Å². The monoisotopic (exact) mass is 295 g/mol. The molecular weight excluding hydrogens is 286 g/mol. The van der Waals surface area contributed by atoms with E-state index in [2.05, 4.69) is 10.3 Å². The first kappa shape index (κ1) is 14.0. The summed E-state index contributed by atoms with van der Waals surface area (Å²) >= 11 is 5.85. The molecule has 1 heterocycles. The van der Waals surface area contributed by atoms with E-state index < -0.39 is 10.8 Å². The fraction of sp³-hybridized carbons (Fsp3) is 0.167. The number of carbonyl (C=O) groups excluding carboxylic acids is 1. The molecule has 0 aliphatic heterocycles. The Bertz CT molecular complexity index is 668. The van der Waals surface area contributed by atoms with Gasteiger partial charge in [-0.05, 0) is 13.0 Å². The van der Waals surface area contributed by atoms with Crippen molar-refractivity contribution in [1.82, 2.24) is 10.3 Å². The average Bonchev–Trinajstić information content (AvgIpc) is 2.81. The molecule has 0 aliphatic carbocycles. The van der Waals surface area contributed by atoms with Crippen LogP contribution in [0.4, 0.5) is 5.69 Å². The molecule has 104 valence electrons. The van der Waals surface area contributed by atoms with Gasteiger partial charge in [0.1, 0.15) is 5.76 Å². The molecule has 2 rings (SSSR count). The first-order valence-corrected chi connectivity index (χ1v) is 5.98. The predicted molar refractivity (Wildman–Crippen MR) is 70.5 cm³/mol. The number of hydrogen-bond donors (Lipinski definition) is 1. The number of nitrogens with zero attached hydrogens (tertiary/aromatic N) is 2. The summed E-state index contributed by atoms with van der Waals surface area (Å²) in [6, 6.07) is 3.65. The number of benzene rings is 1. The van der Waals surface area contributed by atoms with E-state index in [9.17, 15) is 14.9 Å². The molecular formula is C12H10ClN3O4. The highest BCUT2D eigenvalue weighted by Gasteiger charge is 2.15. The van der Waals surface area contributed by atoms with Crippen molar-refractivity contribution < 1.29 is 14.1 Å². The summed E-state index contributed by atoms with van der Waals surface area (Å²) in [4.78, 5) is 25.8. The Labute approximate surface area is 118 Å². The largest absolute Gasteiger partial charge is 0.444 e. The van der Waals surface area contributed by atoms with Gasteiger partial charge in [-0.2, -0.15) is 0 Å². The van der Waals surface area contributed by atoms with Gasteiger partial charge in [-0.1, -0.05) is 11.6 Å².